The zero-order valence-electron chi connectivity index (χ0n) is 33.4. The van der Waals surface area contributed by atoms with Gasteiger partial charge in [0.25, 0.3) is 0 Å². The zero-order valence-corrected chi connectivity index (χ0v) is 41.1. The summed E-state index contributed by atoms with van der Waals surface area (Å²) in [4.78, 5) is 12.7. The van der Waals surface area contributed by atoms with Crippen molar-refractivity contribution in [3.05, 3.63) is 95.1 Å². The van der Waals surface area contributed by atoms with E-state index < -0.39 is 17.6 Å². The Labute approximate surface area is 365 Å². The van der Waals surface area contributed by atoms with Crippen LogP contribution in [0.5, 0.6) is 0 Å². The summed E-state index contributed by atoms with van der Waals surface area (Å²) in [5.74, 6) is 0. The van der Waals surface area contributed by atoms with E-state index in [-0.39, 0.29) is 0 Å². The molecule has 6 rings (SSSR count). The standard InChI is InChI=1S/C40H48N2O6S7Si2/c1-27-21-23-29(15-13-25-56(43-3,44-4)45-5)37(35(27)39-41-31-17-9-11-19-33(31)49-39)51-53-55-54-52-38-30(16-14-26-57(46-6,47-7)48-8)24-22-28(2)36(38)40-42-32-18-10-12-20-34(32)50-40/h9-12,17-24H,13-16,25-26H2,1-8H3. The molecule has 0 atom stereocenters. The van der Waals surface area contributed by atoms with E-state index in [2.05, 4.69) is 86.6 Å². The summed E-state index contributed by atoms with van der Waals surface area (Å²) in [6, 6.07) is 27.3. The van der Waals surface area contributed by atoms with Crippen LogP contribution in [0.1, 0.15) is 35.1 Å². The molecule has 0 bridgehead atoms. The van der Waals surface area contributed by atoms with Crippen LogP contribution in [0.25, 0.3) is 41.6 Å². The molecule has 0 spiro atoms. The highest BCUT2D eigenvalue weighted by Crippen LogP contribution is 2.57. The SMILES string of the molecule is CO[Si](CCCc1ccc(C)c(-c2nc3ccccc3s2)c1SSSSSc1c(CCC[Si](OC)(OC)OC)ccc(C)c1-c1nc2ccccc2s1)(OC)OC. The maximum absolute atomic E-state index is 5.75. The van der Waals surface area contributed by atoms with Gasteiger partial charge in [0, 0.05) is 75.7 Å². The molecule has 6 aromatic rings. The molecule has 0 saturated heterocycles. The minimum absolute atomic E-state index is 0.737. The molecule has 0 aliphatic carbocycles. The van der Waals surface area contributed by atoms with Crippen LogP contribution in [-0.2, 0) is 39.4 Å². The van der Waals surface area contributed by atoms with Gasteiger partial charge in [0.2, 0.25) is 0 Å². The normalized spacial score (nSPS) is 12.4. The first-order valence-corrected chi connectivity index (χ1v) is 30.0. The van der Waals surface area contributed by atoms with Crippen LogP contribution in [0.3, 0.4) is 0 Å². The lowest BCUT2D eigenvalue weighted by Gasteiger charge is -2.24. The topological polar surface area (TPSA) is 81.2 Å². The first kappa shape index (κ1) is 45.1. The molecule has 0 amide bonds. The first-order valence-electron chi connectivity index (χ1n) is 18.4. The summed E-state index contributed by atoms with van der Waals surface area (Å²) in [7, 11) is 13.7. The number of nitrogens with zero attached hydrogens (tertiary/aromatic N) is 2. The van der Waals surface area contributed by atoms with Crippen LogP contribution in [0.2, 0.25) is 12.1 Å². The van der Waals surface area contributed by atoms with E-state index in [1.807, 2.05) is 21.6 Å². The van der Waals surface area contributed by atoms with E-state index in [0.717, 1.165) is 58.8 Å². The molecule has 0 aliphatic heterocycles. The fourth-order valence-electron chi connectivity index (χ4n) is 6.73. The molecule has 0 saturated carbocycles. The summed E-state index contributed by atoms with van der Waals surface area (Å²) < 4.78 is 36.9. The van der Waals surface area contributed by atoms with Gasteiger partial charge in [-0.2, -0.15) is 0 Å². The van der Waals surface area contributed by atoms with Crippen molar-refractivity contribution in [2.45, 2.75) is 61.4 Å². The molecule has 17 heteroatoms. The summed E-state index contributed by atoms with van der Waals surface area (Å²) >= 11 is 3.51. The lowest BCUT2D eigenvalue weighted by atomic mass is 10.0. The molecule has 2 aromatic heterocycles. The predicted molar refractivity (Wildman–Crippen MR) is 254 cm³/mol. The van der Waals surface area contributed by atoms with E-state index in [1.54, 1.807) is 94.8 Å². The van der Waals surface area contributed by atoms with Crippen molar-refractivity contribution in [3.63, 3.8) is 0 Å². The fraction of sp³-hybridized carbons (Fsp3) is 0.350. The maximum atomic E-state index is 5.75. The van der Waals surface area contributed by atoms with Crippen molar-refractivity contribution in [1.29, 1.82) is 0 Å². The molecular weight excluding hydrogens is 885 g/mol. The van der Waals surface area contributed by atoms with Crippen molar-refractivity contribution >= 4 is 112 Å². The Morgan fingerprint density at radius 2 is 0.895 bits per heavy atom. The van der Waals surface area contributed by atoms with Gasteiger partial charge in [-0.1, -0.05) is 48.5 Å². The number of hydrogen-bond donors (Lipinski definition) is 0. The second-order valence-electron chi connectivity index (χ2n) is 13.1. The third-order valence-electron chi connectivity index (χ3n) is 9.93. The number of rotatable bonds is 22. The third kappa shape index (κ3) is 10.7. The van der Waals surface area contributed by atoms with Crippen molar-refractivity contribution in [1.82, 2.24) is 9.97 Å². The lowest BCUT2D eigenvalue weighted by Crippen LogP contribution is -2.42. The maximum Gasteiger partial charge on any atom is 0.500 e. The number of aryl methyl sites for hydroxylation is 4. The van der Waals surface area contributed by atoms with Crippen LogP contribution >= 0.6 is 73.7 Å². The van der Waals surface area contributed by atoms with Crippen molar-refractivity contribution in [2.24, 2.45) is 0 Å². The highest BCUT2D eigenvalue weighted by molar-refractivity contribution is 9.35. The number of fused-ring (bicyclic) bond motifs is 2. The molecular formula is C40H48N2O6S7Si2. The number of hydrogen-bond acceptors (Lipinski definition) is 15. The van der Waals surface area contributed by atoms with Gasteiger partial charge >= 0.3 is 17.6 Å². The van der Waals surface area contributed by atoms with Gasteiger partial charge in [0.15, 0.2) is 0 Å². The molecule has 8 nitrogen and oxygen atoms in total. The van der Waals surface area contributed by atoms with E-state index >= 15 is 0 Å². The summed E-state index contributed by atoms with van der Waals surface area (Å²) in [5.41, 5.74) is 9.49. The first-order chi connectivity index (χ1) is 27.7. The zero-order chi connectivity index (χ0) is 40.4. The molecule has 304 valence electrons. The Hall–Kier alpha value is -1.40. The van der Waals surface area contributed by atoms with E-state index in [9.17, 15) is 0 Å². The molecule has 4 aromatic carbocycles. The monoisotopic (exact) mass is 932 g/mol. The molecule has 0 unspecified atom stereocenters. The Kier molecular flexibility index (Phi) is 17.0. The van der Waals surface area contributed by atoms with Crippen LogP contribution in [0.15, 0.2) is 82.6 Å². The fourth-order valence-corrected chi connectivity index (χ4v) is 21.6. The highest BCUT2D eigenvalue weighted by Gasteiger charge is 2.38. The Bertz CT molecular complexity index is 2010. The highest BCUT2D eigenvalue weighted by atomic mass is 33.8. The van der Waals surface area contributed by atoms with Crippen LogP contribution in [0, 0.1) is 13.8 Å². The van der Waals surface area contributed by atoms with Crippen LogP contribution in [0.4, 0.5) is 0 Å². The largest absolute Gasteiger partial charge is 0.500 e. The van der Waals surface area contributed by atoms with E-state index in [1.165, 1.54) is 52.6 Å². The number of benzene rings is 4. The average Bonchev–Trinajstić information content (AvgIpc) is 3.87. The Morgan fingerprint density at radius 1 is 0.509 bits per heavy atom. The van der Waals surface area contributed by atoms with Crippen molar-refractivity contribution in [2.75, 3.05) is 42.7 Å². The molecule has 0 fully saturated rings. The minimum atomic E-state index is -2.69. The van der Waals surface area contributed by atoms with Gasteiger partial charge in [-0.3, -0.25) is 0 Å². The minimum Gasteiger partial charge on any atom is -0.377 e. The van der Waals surface area contributed by atoms with Gasteiger partial charge in [0.1, 0.15) is 10.0 Å². The summed E-state index contributed by atoms with van der Waals surface area (Å²) in [6.45, 7) is 4.38. The summed E-state index contributed by atoms with van der Waals surface area (Å²) in [6.07, 6.45) is 3.51. The molecule has 0 aliphatic rings. The van der Waals surface area contributed by atoms with Gasteiger partial charge in [-0.15, -0.1) is 22.7 Å². The lowest BCUT2D eigenvalue weighted by molar-refractivity contribution is 0.122. The molecule has 57 heavy (non-hydrogen) atoms. The number of thiazole rings is 2. The number of aromatic nitrogens is 2. The predicted octanol–water partition coefficient (Wildman–Crippen LogP) is 13.2. The Balaban J connectivity index is 1.25. The van der Waals surface area contributed by atoms with Gasteiger partial charge in [-0.25, -0.2) is 9.97 Å². The second-order valence-corrected chi connectivity index (χ2v) is 28.8. The second kappa shape index (κ2) is 21.4. The summed E-state index contributed by atoms with van der Waals surface area (Å²) in [5, 5.41) is 2.10. The third-order valence-corrected chi connectivity index (χ3v) is 26.2. The molecule has 0 radical (unpaired) electrons. The van der Waals surface area contributed by atoms with Gasteiger partial charge in [0.05, 0.1) is 20.4 Å². The average molecular weight is 933 g/mol. The van der Waals surface area contributed by atoms with E-state index in [0.29, 0.717) is 0 Å². The van der Waals surface area contributed by atoms with Crippen molar-refractivity contribution in [3.8, 4) is 21.1 Å². The number of para-hydroxylation sites is 2. The van der Waals surface area contributed by atoms with E-state index in [4.69, 9.17) is 36.5 Å². The molecule has 2 heterocycles. The van der Waals surface area contributed by atoms with Gasteiger partial charge < -0.3 is 26.6 Å². The van der Waals surface area contributed by atoms with Gasteiger partial charge in [-0.05, 0) is 137 Å². The quantitative estimate of drug-likeness (QED) is 0.0368. The molecule has 0 N–H and O–H groups in total. The smallest absolute Gasteiger partial charge is 0.377 e. The van der Waals surface area contributed by atoms with Crippen molar-refractivity contribution < 1.29 is 26.6 Å². The van der Waals surface area contributed by atoms with Crippen LogP contribution in [-0.4, -0.2) is 70.2 Å². The van der Waals surface area contributed by atoms with Crippen LogP contribution < -0.4 is 0 Å². The Morgan fingerprint density at radius 3 is 1.26 bits per heavy atom.